The van der Waals surface area contributed by atoms with Crippen molar-refractivity contribution in [3.8, 4) is 11.1 Å². The molecule has 0 aliphatic heterocycles. The summed E-state index contributed by atoms with van der Waals surface area (Å²) >= 11 is 0. The van der Waals surface area contributed by atoms with Gasteiger partial charge in [0.15, 0.2) is 0 Å². The molecule has 0 radical (unpaired) electrons. The van der Waals surface area contributed by atoms with Crippen LogP contribution in [0.1, 0.15) is 25.0 Å². The molecule has 3 nitrogen and oxygen atoms in total. The lowest BCUT2D eigenvalue weighted by Crippen LogP contribution is -2.09. The van der Waals surface area contributed by atoms with Crippen molar-refractivity contribution in [1.82, 2.24) is 0 Å². The van der Waals surface area contributed by atoms with Crippen molar-refractivity contribution in [3.05, 3.63) is 53.6 Å². The van der Waals surface area contributed by atoms with Gasteiger partial charge in [-0.05, 0) is 41.2 Å². The van der Waals surface area contributed by atoms with E-state index in [0.29, 0.717) is 5.56 Å². The van der Waals surface area contributed by atoms with E-state index in [1.54, 1.807) is 12.1 Å². The minimum Gasteiger partial charge on any atom is -0.321 e. The monoisotopic (exact) mass is 290 g/mol. The Labute approximate surface area is 119 Å². The molecule has 2 rings (SSSR count). The van der Waals surface area contributed by atoms with Gasteiger partial charge in [-0.15, -0.1) is 0 Å². The summed E-state index contributed by atoms with van der Waals surface area (Å²) in [5.74, 6) is 0. The summed E-state index contributed by atoms with van der Waals surface area (Å²) in [7, 11) is -4.28. The second-order valence-electron chi connectivity index (χ2n) is 4.71. The van der Waals surface area contributed by atoms with Crippen LogP contribution < -0.4 is 5.30 Å². The molecule has 4 heteroatoms. The molecule has 0 fully saturated rings. The van der Waals surface area contributed by atoms with Crippen molar-refractivity contribution in [3.63, 3.8) is 0 Å². The fraction of sp³-hybridized carbons (Fsp3) is 0.250. The van der Waals surface area contributed by atoms with E-state index in [0.717, 1.165) is 24.0 Å². The van der Waals surface area contributed by atoms with E-state index in [-0.39, 0.29) is 5.30 Å². The van der Waals surface area contributed by atoms with E-state index in [9.17, 15) is 14.4 Å². The largest absolute Gasteiger partial charge is 0.356 e. The second-order valence-corrected chi connectivity index (χ2v) is 6.28. The quantitative estimate of drug-likeness (QED) is 0.850. The highest BCUT2D eigenvalue weighted by atomic mass is 31.2. The van der Waals surface area contributed by atoms with Crippen molar-refractivity contribution >= 4 is 12.9 Å². The number of aryl methyl sites for hydroxylation is 1. The smallest absolute Gasteiger partial charge is 0.321 e. The number of hydrogen-bond acceptors (Lipinski definition) is 1. The Morgan fingerprint density at radius 3 is 2.15 bits per heavy atom. The highest BCUT2D eigenvalue weighted by molar-refractivity contribution is 7.60. The van der Waals surface area contributed by atoms with E-state index in [4.69, 9.17) is 0 Å². The van der Waals surface area contributed by atoms with Crippen LogP contribution >= 0.6 is 7.60 Å². The molecular weight excluding hydrogens is 271 g/mol. The fourth-order valence-corrected chi connectivity index (χ4v) is 3.38. The van der Waals surface area contributed by atoms with Crippen molar-refractivity contribution in [2.24, 2.45) is 0 Å². The molecule has 0 unspecified atom stereocenters. The molecule has 0 saturated carbocycles. The first-order valence-corrected chi connectivity index (χ1v) is 8.36. The molecule has 0 aliphatic carbocycles. The third kappa shape index (κ3) is 2.85. The molecule has 0 aliphatic rings. The highest BCUT2D eigenvalue weighted by Gasteiger charge is 2.22. The SMILES string of the molecule is CCc1cccc(-c2ccccc2P(=O)(O)O)c1CC. The first-order valence-electron chi connectivity index (χ1n) is 6.75. The van der Waals surface area contributed by atoms with Crippen LogP contribution in [-0.2, 0) is 17.4 Å². The summed E-state index contributed by atoms with van der Waals surface area (Å²) in [5, 5.41) is 0.1000. The molecule has 20 heavy (non-hydrogen) atoms. The van der Waals surface area contributed by atoms with Gasteiger partial charge in [0.2, 0.25) is 0 Å². The van der Waals surface area contributed by atoms with Gasteiger partial charge >= 0.3 is 7.60 Å². The van der Waals surface area contributed by atoms with Gasteiger partial charge in [-0.3, -0.25) is 4.57 Å². The zero-order chi connectivity index (χ0) is 14.8. The summed E-state index contributed by atoms with van der Waals surface area (Å²) in [4.78, 5) is 19.1. The minimum atomic E-state index is -4.28. The van der Waals surface area contributed by atoms with Gasteiger partial charge in [-0.2, -0.15) is 0 Å². The Hall–Kier alpha value is -1.41. The van der Waals surface area contributed by atoms with Gasteiger partial charge in [-0.25, -0.2) is 0 Å². The first-order chi connectivity index (χ1) is 9.49. The van der Waals surface area contributed by atoms with Crippen molar-refractivity contribution in [1.29, 1.82) is 0 Å². The van der Waals surface area contributed by atoms with Gasteiger partial charge in [0.25, 0.3) is 0 Å². The summed E-state index contributed by atoms with van der Waals surface area (Å²) in [5.41, 5.74) is 3.94. The van der Waals surface area contributed by atoms with Crippen molar-refractivity contribution in [2.45, 2.75) is 26.7 Å². The topological polar surface area (TPSA) is 57.5 Å². The molecule has 2 N–H and O–H groups in total. The molecule has 0 heterocycles. The van der Waals surface area contributed by atoms with Crippen LogP contribution in [0.3, 0.4) is 0 Å². The van der Waals surface area contributed by atoms with Crippen LogP contribution in [0, 0.1) is 0 Å². The maximum Gasteiger partial charge on any atom is 0.356 e. The Morgan fingerprint density at radius 1 is 0.900 bits per heavy atom. The Morgan fingerprint density at radius 2 is 1.55 bits per heavy atom. The van der Waals surface area contributed by atoms with Gasteiger partial charge in [-0.1, -0.05) is 50.2 Å². The molecule has 2 aromatic rings. The average molecular weight is 290 g/mol. The van der Waals surface area contributed by atoms with Gasteiger partial charge in [0, 0.05) is 0 Å². The van der Waals surface area contributed by atoms with E-state index in [1.165, 1.54) is 11.6 Å². The first kappa shape index (κ1) is 15.0. The van der Waals surface area contributed by atoms with E-state index < -0.39 is 7.60 Å². The van der Waals surface area contributed by atoms with Crippen molar-refractivity contribution in [2.75, 3.05) is 0 Å². The zero-order valence-corrected chi connectivity index (χ0v) is 12.6. The van der Waals surface area contributed by atoms with E-state index >= 15 is 0 Å². The maximum atomic E-state index is 11.7. The summed E-state index contributed by atoms with van der Waals surface area (Å²) in [6.07, 6.45) is 1.75. The lowest BCUT2D eigenvalue weighted by Gasteiger charge is -2.16. The van der Waals surface area contributed by atoms with Gasteiger partial charge in [0.1, 0.15) is 0 Å². The molecule has 0 saturated heterocycles. The molecule has 0 spiro atoms. The van der Waals surface area contributed by atoms with Crippen LogP contribution in [0.5, 0.6) is 0 Å². The van der Waals surface area contributed by atoms with Crippen LogP contribution in [0.15, 0.2) is 42.5 Å². The fourth-order valence-electron chi connectivity index (χ4n) is 2.59. The average Bonchev–Trinajstić information content (AvgIpc) is 2.45. The normalized spacial score (nSPS) is 11.6. The summed E-state index contributed by atoms with van der Waals surface area (Å²) in [6.45, 7) is 4.16. The number of benzene rings is 2. The van der Waals surface area contributed by atoms with Gasteiger partial charge in [0.05, 0.1) is 5.30 Å². The minimum absolute atomic E-state index is 0.1000. The van der Waals surface area contributed by atoms with Crippen LogP contribution in [0.25, 0.3) is 11.1 Å². The molecular formula is C16H19O3P. The number of hydrogen-bond donors (Lipinski definition) is 2. The zero-order valence-electron chi connectivity index (χ0n) is 11.7. The molecule has 0 amide bonds. The third-order valence-corrected chi connectivity index (χ3v) is 4.53. The standard InChI is InChI=1S/C16H19O3P/c1-3-12-8-7-10-14(13(12)4-2)15-9-5-6-11-16(15)20(17,18)19/h5-11H,3-4H2,1-2H3,(H2,17,18,19). The van der Waals surface area contributed by atoms with Crippen LogP contribution in [-0.4, -0.2) is 9.79 Å². The van der Waals surface area contributed by atoms with E-state index in [1.807, 2.05) is 18.2 Å². The molecule has 2 aromatic carbocycles. The second kappa shape index (κ2) is 5.92. The van der Waals surface area contributed by atoms with E-state index in [2.05, 4.69) is 19.9 Å². The predicted octanol–water partition coefficient (Wildman–Crippen LogP) is 3.28. The third-order valence-electron chi connectivity index (χ3n) is 3.52. The molecule has 106 valence electrons. The molecule has 0 aromatic heterocycles. The number of rotatable bonds is 4. The van der Waals surface area contributed by atoms with Crippen LogP contribution in [0.2, 0.25) is 0 Å². The Kier molecular flexibility index (Phi) is 4.44. The maximum absolute atomic E-state index is 11.7. The molecule has 0 atom stereocenters. The predicted molar refractivity (Wildman–Crippen MR) is 82.3 cm³/mol. The van der Waals surface area contributed by atoms with Crippen LogP contribution in [0.4, 0.5) is 0 Å². The molecule has 0 bridgehead atoms. The summed E-state index contributed by atoms with van der Waals surface area (Å²) in [6, 6.07) is 12.7. The Bertz CT molecular complexity index is 659. The van der Waals surface area contributed by atoms with Crippen molar-refractivity contribution < 1.29 is 14.4 Å². The lowest BCUT2D eigenvalue weighted by molar-refractivity contribution is 0.387. The Balaban J connectivity index is 2.73. The van der Waals surface area contributed by atoms with Gasteiger partial charge < -0.3 is 9.79 Å². The highest BCUT2D eigenvalue weighted by Crippen LogP contribution is 2.39. The summed E-state index contributed by atoms with van der Waals surface area (Å²) < 4.78 is 11.7. The lowest BCUT2D eigenvalue weighted by atomic mass is 9.93.